The molecule has 2 saturated heterocycles. The maximum Gasteiger partial charge on any atom is 0.255 e. The summed E-state index contributed by atoms with van der Waals surface area (Å²) in [7, 11) is 0. The third kappa shape index (κ3) is 1.40. The fourth-order valence-electron chi connectivity index (χ4n) is 4.28. The largest absolute Gasteiger partial charge is 0.296 e. The van der Waals surface area contributed by atoms with Gasteiger partial charge in [-0.05, 0) is 37.1 Å². The summed E-state index contributed by atoms with van der Waals surface area (Å²) >= 11 is 0. The first-order valence-corrected chi connectivity index (χ1v) is 7.05. The molecular weight excluding hydrogens is 232 g/mol. The molecule has 3 rings (SSSR count). The SMILES string of the molecule is [2H]C([2H])(C(C)C)[C@]12C[C@@]3(CN1CCC2(C)C)CC3(F)F. The summed E-state index contributed by atoms with van der Waals surface area (Å²) in [5.41, 5.74) is -1.95. The van der Waals surface area contributed by atoms with Crippen LogP contribution in [0.4, 0.5) is 8.78 Å². The van der Waals surface area contributed by atoms with Crippen molar-refractivity contribution in [1.29, 1.82) is 0 Å². The van der Waals surface area contributed by atoms with Crippen LogP contribution in [0, 0.1) is 16.7 Å². The standard InChI is InChI=1S/C15H25F2N/c1-11(2)7-14-8-13(9-15(13,16)17)10-18(14)6-5-12(14,3)4/h11H,5-10H2,1-4H3/t13-,14+/m0/s1/i7D2. The molecule has 0 aromatic heterocycles. The van der Waals surface area contributed by atoms with Gasteiger partial charge in [-0.3, -0.25) is 4.90 Å². The highest BCUT2D eigenvalue weighted by Crippen LogP contribution is 2.72. The van der Waals surface area contributed by atoms with Gasteiger partial charge < -0.3 is 0 Å². The highest BCUT2D eigenvalue weighted by molar-refractivity contribution is 5.25. The van der Waals surface area contributed by atoms with Crippen LogP contribution in [0.2, 0.25) is 0 Å². The van der Waals surface area contributed by atoms with Crippen LogP contribution >= 0.6 is 0 Å². The van der Waals surface area contributed by atoms with Gasteiger partial charge in [0.2, 0.25) is 0 Å². The normalized spacial score (nSPS) is 47.3. The fraction of sp³-hybridized carbons (Fsp3) is 1.00. The van der Waals surface area contributed by atoms with Crippen LogP contribution in [0.5, 0.6) is 0 Å². The van der Waals surface area contributed by atoms with E-state index in [1.807, 2.05) is 13.8 Å². The molecule has 2 aliphatic heterocycles. The molecule has 0 amide bonds. The molecule has 3 fully saturated rings. The minimum Gasteiger partial charge on any atom is -0.296 e. The van der Waals surface area contributed by atoms with E-state index in [0.29, 0.717) is 13.0 Å². The van der Waals surface area contributed by atoms with Crippen LogP contribution in [-0.2, 0) is 0 Å². The molecule has 0 unspecified atom stereocenters. The van der Waals surface area contributed by atoms with Crippen molar-refractivity contribution in [1.82, 2.24) is 4.90 Å². The molecule has 2 atom stereocenters. The number of nitrogens with zero attached hydrogens (tertiary/aromatic N) is 1. The van der Waals surface area contributed by atoms with Gasteiger partial charge in [-0.15, -0.1) is 0 Å². The number of hydrogen-bond donors (Lipinski definition) is 0. The van der Waals surface area contributed by atoms with Gasteiger partial charge in [-0.2, -0.15) is 0 Å². The van der Waals surface area contributed by atoms with Crippen molar-refractivity contribution in [2.75, 3.05) is 13.1 Å². The van der Waals surface area contributed by atoms with E-state index >= 15 is 0 Å². The van der Waals surface area contributed by atoms with Crippen LogP contribution in [0.3, 0.4) is 0 Å². The summed E-state index contributed by atoms with van der Waals surface area (Å²) in [5.74, 6) is -2.77. The predicted octanol–water partition coefficient (Wildman–Crippen LogP) is 3.93. The monoisotopic (exact) mass is 259 g/mol. The summed E-state index contributed by atoms with van der Waals surface area (Å²) in [6, 6.07) is 0. The Kier molecular flexibility index (Phi) is 1.93. The van der Waals surface area contributed by atoms with Gasteiger partial charge in [0.15, 0.2) is 0 Å². The minimum absolute atomic E-state index is 0.0531. The molecule has 0 radical (unpaired) electrons. The van der Waals surface area contributed by atoms with Crippen molar-refractivity contribution in [2.24, 2.45) is 16.7 Å². The molecule has 18 heavy (non-hydrogen) atoms. The Morgan fingerprint density at radius 1 is 1.28 bits per heavy atom. The fourth-order valence-corrected chi connectivity index (χ4v) is 4.28. The van der Waals surface area contributed by atoms with Crippen LogP contribution in [0.15, 0.2) is 0 Å². The summed E-state index contributed by atoms with van der Waals surface area (Å²) in [4.78, 5) is 2.06. The summed E-state index contributed by atoms with van der Waals surface area (Å²) < 4.78 is 45.1. The van der Waals surface area contributed by atoms with E-state index in [9.17, 15) is 8.78 Å². The van der Waals surface area contributed by atoms with Crippen molar-refractivity contribution in [3.8, 4) is 0 Å². The average molecular weight is 259 g/mol. The van der Waals surface area contributed by atoms with E-state index in [1.54, 1.807) is 0 Å². The van der Waals surface area contributed by atoms with Gasteiger partial charge in [0, 0.05) is 21.2 Å². The van der Waals surface area contributed by atoms with Gasteiger partial charge in [0.25, 0.3) is 5.92 Å². The zero-order valence-electron chi connectivity index (χ0n) is 13.8. The first-order chi connectivity index (χ1) is 8.92. The molecule has 1 aliphatic carbocycles. The molecular formula is C15H25F2N. The first kappa shape index (κ1) is 10.6. The summed E-state index contributed by atoms with van der Waals surface area (Å²) in [6.45, 7) is 8.99. The number of rotatable bonds is 2. The lowest BCUT2D eigenvalue weighted by atomic mass is 9.66. The zero-order valence-corrected chi connectivity index (χ0v) is 11.8. The van der Waals surface area contributed by atoms with Gasteiger partial charge >= 0.3 is 0 Å². The molecule has 1 spiro atoms. The Morgan fingerprint density at radius 2 is 1.89 bits per heavy atom. The van der Waals surface area contributed by atoms with Crippen molar-refractivity contribution < 1.29 is 11.5 Å². The number of hydrogen-bond acceptors (Lipinski definition) is 1. The second kappa shape index (κ2) is 3.28. The third-order valence-electron chi connectivity index (χ3n) is 5.49. The highest BCUT2D eigenvalue weighted by atomic mass is 19.3. The maximum absolute atomic E-state index is 13.9. The minimum atomic E-state index is -2.59. The van der Waals surface area contributed by atoms with Crippen molar-refractivity contribution in [2.45, 2.75) is 64.8 Å². The lowest BCUT2D eigenvalue weighted by molar-refractivity contribution is 0.0541. The smallest absolute Gasteiger partial charge is 0.255 e. The highest BCUT2D eigenvalue weighted by Gasteiger charge is 2.78. The Bertz CT molecular complexity index is 449. The molecule has 0 N–H and O–H groups in total. The summed E-state index contributed by atoms with van der Waals surface area (Å²) in [5, 5.41) is 0. The quantitative estimate of drug-likeness (QED) is 0.726. The van der Waals surface area contributed by atoms with Gasteiger partial charge in [0.1, 0.15) is 0 Å². The zero-order chi connectivity index (χ0) is 15.2. The lowest BCUT2D eigenvalue weighted by Crippen LogP contribution is -2.48. The topological polar surface area (TPSA) is 3.24 Å². The Labute approximate surface area is 112 Å². The van der Waals surface area contributed by atoms with Gasteiger partial charge in [-0.1, -0.05) is 27.7 Å². The van der Waals surface area contributed by atoms with E-state index in [1.165, 1.54) is 0 Å². The van der Waals surface area contributed by atoms with Gasteiger partial charge in [0.05, 0.1) is 5.41 Å². The van der Waals surface area contributed by atoms with E-state index in [0.717, 1.165) is 13.0 Å². The Hall–Kier alpha value is -0.180. The molecule has 1 saturated carbocycles. The van der Waals surface area contributed by atoms with Crippen molar-refractivity contribution in [3.63, 3.8) is 0 Å². The third-order valence-corrected chi connectivity index (χ3v) is 5.49. The molecule has 104 valence electrons. The molecule has 0 aromatic rings. The molecule has 0 bridgehead atoms. The molecule has 2 heterocycles. The van der Waals surface area contributed by atoms with E-state index in [2.05, 4.69) is 18.7 Å². The number of alkyl halides is 2. The Balaban J connectivity index is 2.08. The maximum atomic E-state index is 13.9. The van der Waals surface area contributed by atoms with Crippen LogP contribution in [0.1, 0.15) is 56.1 Å². The van der Waals surface area contributed by atoms with Gasteiger partial charge in [-0.25, -0.2) is 8.78 Å². The lowest BCUT2D eigenvalue weighted by Gasteiger charge is -2.44. The van der Waals surface area contributed by atoms with Crippen LogP contribution in [0.25, 0.3) is 0 Å². The molecule has 1 nitrogen and oxygen atoms in total. The van der Waals surface area contributed by atoms with E-state index in [4.69, 9.17) is 2.74 Å². The van der Waals surface area contributed by atoms with Crippen molar-refractivity contribution in [3.05, 3.63) is 0 Å². The van der Waals surface area contributed by atoms with Crippen LogP contribution < -0.4 is 0 Å². The van der Waals surface area contributed by atoms with Crippen LogP contribution in [-0.4, -0.2) is 29.5 Å². The van der Waals surface area contributed by atoms with E-state index < -0.39 is 23.2 Å². The molecule has 0 aromatic carbocycles. The molecule has 3 heteroatoms. The average Bonchev–Trinajstić information content (AvgIpc) is 2.57. The molecule has 3 aliphatic rings. The van der Waals surface area contributed by atoms with E-state index in [-0.39, 0.29) is 17.8 Å². The number of halogens is 2. The second-order valence-corrected chi connectivity index (χ2v) is 7.55. The predicted molar refractivity (Wildman–Crippen MR) is 68.8 cm³/mol. The van der Waals surface area contributed by atoms with Crippen molar-refractivity contribution >= 4 is 0 Å². The summed E-state index contributed by atoms with van der Waals surface area (Å²) in [6.07, 6.45) is -0.302. The number of fused-ring (bicyclic) bond motifs is 1. The Morgan fingerprint density at radius 3 is 2.39 bits per heavy atom. The second-order valence-electron chi connectivity index (χ2n) is 7.55. The first-order valence-electron chi connectivity index (χ1n) is 8.05.